The molecule has 3 atom stereocenters. The van der Waals surface area contributed by atoms with Crippen molar-refractivity contribution in [2.45, 2.75) is 39.0 Å². The highest BCUT2D eigenvalue weighted by molar-refractivity contribution is 5.85. The minimum atomic E-state index is 0.292. The average Bonchev–Trinajstić information content (AvgIpc) is 2.64. The number of carbonyl (C=O) groups is 1. The van der Waals surface area contributed by atoms with Crippen LogP contribution in [0.25, 0.3) is 0 Å². The third-order valence-corrected chi connectivity index (χ3v) is 4.59. The zero-order valence-corrected chi connectivity index (χ0v) is 8.18. The lowest BCUT2D eigenvalue weighted by atomic mass is 9.83. The molecule has 3 rings (SSSR count). The summed E-state index contributed by atoms with van der Waals surface area (Å²) >= 11 is 0. The summed E-state index contributed by atoms with van der Waals surface area (Å²) in [7, 11) is 0. The third kappa shape index (κ3) is 0.762. The first-order chi connectivity index (χ1) is 6.18. The zero-order valence-electron chi connectivity index (χ0n) is 8.18. The van der Waals surface area contributed by atoms with E-state index in [0.29, 0.717) is 22.5 Å². The van der Waals surface area contributed by atoms with Crippen LogP contribution in [0.15, 0.2) is 12.2 Å². The van der Waals surface area contributed by atoms with Crippen molar-refractivity contribution < 1.29 is 4.79 Å². The van der Waals surface area contributed by atoms with Gasteiger partial charge < -0.3 is 0 Å². The third-order valence-electron chi connectivity index (χ3n) is 4.59. The van der Waals surface area contributed by atoms with Gasteiger partial charge in [0.25, 0.3) is 0 Å². The number of hydrogen-bond donors (Lipinski definition) is 0. The van der Waals surface area contributed by atoms with Gasteiger partial charge in [-0.1, -0.05) is 25.5 Å². The monoisotopic (exact) mass is 176 g/mol. The second-order valence-corrected chi connectivity index (χ2v) is 5.26. The van der Waals surface area contributed by atoms with E-state index >= 15 is 0 Å². The summed E-state index contributed by atoms with van der Waals surface area (Å²) in [5.74, 6) is 0.801. The predicted octanol–water partition coefficient (Wildman–Crippen LogP) is 2.71. The molecule has 0 unspecified atom stereocenters. The summed E-state index contributed by atoms with van der Waals surface area (Å²) in [6, 6.07) is 0. The van der Waals surface area contributed by atoms with Gasteiger partial charge in [0.2, 0.25) is 0 Å². The van der Waals surface area contributed by atoms with Crippen molar-refractivity contribution in [1.82, 2.24) is 0 Å². The topological polar surface area (TPSA) is 17.1 Å². The Kier molecular flexibility index (Phi) is 1.24. The van der Waals surface area contributed by atoms with Crippen LogP contribution in [0.1, 0.15) is 39.0 Å². The standard InChI is InChI=1S/C12H16O/c1-11-7-5-9-10(13)4-2-3-6-12(9,11)8-11/h5,7,9H,2-4,6,8H2,1H3/t9-,11+,12+/m0/s1. The first kappa shape index (κ1) is 7.78. The first-order valence-electron chi connectivity index (χ1n) is 5.40. The van der Waals surface area contributed by atoms with E-state index in [9.17, 15) is 4.79 Å². The lowest BCUT2D eigenvalue weighted by molar-refractivity contribution is -0.122. The summed E-state index contributed by atoms with van der Waals surface area (Å²) in [4.78, 5) is 11.8. The molecular weight excluding hydrogens is 160 g/mol. The molecule has 1 heteroatoms. The van der Waals surface area contributed by atoms with Crippen molar-refractivity contribution in [2.75, 3.05) is 0 Å². The van der Waals surface area contributed by atoms with Crippen molar-refractivity contribution in [3.05, 3.63) is 12.2 Å². The molecule has 3 aliphatic rings. The van der Waals surface area contributed by atoms with Gasteiger partial charge >= 0.3 is 0 Å². The number of carbonyl (C=O) groups excluding carboxylic acids is 1. The highest BCUT2D eigenvalue weighted by Crippen LogP contribution is 2.75. The minimum absolute atomic E-state index is 0.292. The van der Waals surface area contributed by atoms with E-state index in [1.807, 2.05) is 0 Å². The Labute approximate surface area is 79.2 Å². The molecule has 0 N–H and O–H groups in total. The van der Waals surface area contributed by atoms with Crippen molar-refractivity contribution in [3.63, 3.8) is 0 Å². The van der Waals surface area contributed by atoms with E-state index in [2.05, 4.69) is 19.1 Å². The molecular formula is C12H16O. The Morgan fingerprint density at radius 2 is 2.31 bits per heavy atom. The maximum absolute atomic E-state index is 11.8. The van der Waals surface area contributed by atoms with Crippen LogP contribution in [0.4, 0.5) is 0 Å². The van der Waals surface area contributed by atoms with Gasteiger partial charge in [-0.05, 0) is 30.1 Å². The Hall–Kier alpha value is -0.590. The first-order valence-corrected chi connectivity index (χ1v) is 5.40. The van der Waals surface area contributed by atoms with Gasteiger partial charge in [0.1, 0.15) is 5.78 Å². The largest absolute Gasteiger partial charge is 0.299 e. The summed E-state index contributed by atoms with van der Waals surface area (Å²) in [5.41, 5.74) is 0.790. The highest BCUT2D eigenvalue weighted by Gasteiger charge is 2.69. The van der Waals surface area contributed by atoms with E-state index in [1.54, 1.807) is 0 Å². The molecule has 2 saturated carbocycles. The second kappa shape index (κ2) is 2.08. The van der Waals surface area contributed by atoms with Crippen LogP contribution in [0.2, 0.25) is 0 Å². The number of rotatable bonds is 0. The highest BCUT2D eigenvalue weighted by atomic mass is 16.1. The van der Waals surface area contributed by atoms with Crippen molar-refractivity contribution >= 4 is 5.78 Å². The molecule has 0 bridgehead atoms. The van der Waals surface area contributed by atoms with Crippen molar-refractivity contribution in [1.29, 1.82) is 0 Å². The maximum Gasteiger partial charge on any atom is 0.140 e. The van der Waals surface area contributed by atoms with Gasteiger partial charge in [-0.15, -0.1) is 0 Å². The number of allylic oxidation sites excluding steroid dienone is 2. The van der Waals surface area contributed by atoms with Crippen LogP contribution in [0.3, 0.4) is 0 Å². The van der Waals surface area contributed by atoms with E-state index in [1.165, 1.54) is 19.3 Å². The molecule has 2 fully saturated rings. The number of ketones is 1. The fraction of sp³-hybridized carbons (Fsp3) is 0.750. The smallest absolute Gasteiger partial charge is 0.140 e. The van der Waals surface area contributed by atoms with Gasteiger partial charge in [-0.2, -0.15) is 0 Å². The van der Waals surface area contributed by atoms with Crippen LogP contribution in [0, 0.1) is 16.7 Å². The molecule has 0 aromatic heterocycles. The molecule has 0 radical (unpaired) electrons. The molecule has 0 amide bonds. The predicted molar refractivity (Wildman–Crippen MR) is 51.3 cm³/mol. The number of hydrogen-bond acceptors (Lipinski definition) is 1. The van der Waals surface area contributed by atoms with Crippen LogP contribution in [-0.2, 0) is 4.79 Å². The summed E-state index contributed by atoms with van der Waals surface area (Å²) < 4.78 is 0. The van der Waals surface area contributed by atoms with Gasteiger partial charge in [0, 0.05) is 12.3 Å². The van der Waals surface area contributed by atoms with E-state index in [0.717, 1.165) is 12.8 Å². The van der Waals surface area contributed by atoms with Crippen LogP contribution >= 0.6 is 0 Å². The Morgan fingerprint density at radius 3 is 3.08 bits per heavy atom. The average molecular weight is 176 g/mol. The molecule has 0 aliphatic heterocycles. The Morgan fingerprint density at radius 1 is 1.46 bits per heavy atom. The van der Waals surface area contributed by atoms with E-state index in [-0.39, 0.29) is 0 Å². The number of Topliss-reactive ketones (excluding diaryl/α,β-unsaturated/α-hetero) is 1. The van der Waals surface area contributed by atoms with Gasteiger partial charge in [0.15, 0.2) is 0 Å². The van der Waals surface area contributed by atoms with Crippen LogP contribution < -0.4 is 0 Å². The lowest BCUT2D eigenvalue weighted by Gasteiger charge is -2.19. The second-order valence-electron chi connectivity index (χ2n) is 5.26. The van der Waals surface area contributed by atoms with Crippen LogP contribution in [-0.4, -0.2) is 5.78 Å². The minimum Gasteiger partial charge on any atom is -0.299 e. The molecule has 0 saturated heterocycles. The summed E-state index contributed by atoms with van der Waals surface area (Å²) in [5, 5.41) is 0. The molecule has 1 nitrogen and oxygen atoms in total. The molecule has 13 heavy (non-hydrogen) atoms. The summed E-state index contributed by atoms with van der Waals surface area (Å²) in [6.07, 6.45) is 10.3. The van der Waals surface area contributed by atoms with Crippen LogP contribution in [0.5, 0.6) is 0 Å². The molecule has 0 heterocycles. The normalized spacial score (nSPS) is 52.7. The maximum atomic E-state index is 11.8. The van der Waals surface area contributed by atoms with Crippen molar-refractivity contribution in [3.8, 4) is 0 Å². The van der Waals surface area contributed by atoms with Gasteiger partial charge in [0.05, 0.1) is 0 Å². The fourth-order valence-electron chi connectivity index (χ4n) is 3.63. The Bertz CT molecular complexity index is 304. The molecule has 70 valence electrons. The fourth-order valence-corrected chi connectivity index (χ4v) is 3.63. The Balaban J connectivity index is 2.01. The molecule has 3 aliphatic carbocycles. The van der Waals surface area contributed by atoms with Crippen molar-refractivity contribution in [2.24, 2.45) is 16.7 Å². The lowest BCUT2D eigenvalue weighted by Crippen LogP contribution is -2.21. The summed E-state index contributed by atoms with van der Waals surface area (Å²) in [6.45, 7) is 2.32. The molecule has 1 spiro atoms. The molecule has 0 aromatic carbocycles. The quantitative estimate of drug-likeness (QED) is 0.519. The SMILES string of the molecule is C[C@]12C=C[C@H]3C(=O)CCCC[C@@]31C2. The van der Waals surface area contributed by atoms with E-state index < -0.39 is 0 Å². The zero-order chi connectivity index (χ0) is 9.10. The van der Waals surface area contributed by atoms with Gasteiger partial charge in [-0.3, -0.25) is 4.79 Å². The van der Waals surface area contributed by atoms with E-state index in [4.69, 9.17) is 0 Å². The molecule has 0 aromatic rings. The van der Waals surface area contributed by atoms with Gasteiger partial charge in [-0.25, -0.2) is 0 Å².